The molecule has 3 heterocycles. The fourth-order valence-corrected chi connectivity index (χ4v) is 6.34. The molecule has 0 amide bonds. The van der Waals surface area contributed by atoms with E-state index in [0.717, 1.165) is 85.5 Å². The predicted octanol–water partition coefficient (Wildman–Crippen LogP) is 6.39. The average molecular weight is 569 g/mol. The highest BCUT2D eigenvalue weighted by Gasteiger charge is 2.37. The van der Waals surface area contributed by atoms with Crippen LogP contribution in [0.3, 0.4) is 0 Å². The van der Waals surface area contributed by atoms with Gasteiger partial charge in [0.1, 0.15) is 11.3 Å². The molecule has 6 nitrogen and oxygen atoms in total. The maximum absolute atomic E-state index is 5.17. The van der Waals surface area contributed by atoms with E-state index in [9.17, 15) is 0 Å². The summed E-state index contributed by atoms with van der Waals surface area (Å²) in [4.78, 5) is 22.5. The fraction of sp³-hybridized carbons (Fsp3) is 0.324. The van der Waals surface area contributed by atoms with E-state index >= 15 is 0 Å². The van der Waals surface area contributed by atoms with Gasteiger partial charge >= 0.3 is 0 Å². The molecular weight excluding hydrogens is 528 g/mol. The van der Waals surface area contributed by atoms with Crippen molar-refractivity contribution in [2.75, 3.05) is 58.3 Å². The van der Waals surface area contributed by atoms with Crippen molar-refractivity contribution in [3.8, 4) is 22.5 Å². The lowest BCUT2D eigenvalue weighted by Gasteiger charge is -2.35. The first-order valence-electron chi connectivity index (χ1n) is 15.6. The summed E-state index contributed by atoms with van der Waals surface area (Å²) in [6.45, 7) is 6.25. The highest BCUT2D eigenvalue weighted by Crippen LogP contribution is 2.49. The summed E-state index contributed by atoms with van der Waals surface area (Å²) in [7, 11) is 4.27. The molecule has 218 valence electrons. The second-order valence-corrected chi connectivity index (χ2v) is 12.3. The van der Waals surface area contributed by atoms with Gasteiger partial charge in [0.15, 0.2) is 5.65 Å². The zero-order valence-corrected chi connectivity index (χ0v) is 25.2. The van der Waals surface area contributed by atoms with E-state index in [4.69, 9.17) is 15.0 Å². The summed E-state index contributed by atoms with van der Waals surface area (Å²) in [5.74, 6) is 2.36. The largest absolute Gasteiger partial charge is 0.354 e. The van der Waals surface area contributed by atoms with Crippen molar-refractivity contribution >= 4 is 17.0 Å². The van der Waals surface area contributed by atoms with Gasteiger partial charge in [-0.05, 0) is 62.0 Å². The van der Waals surface area contributed by atoms with Gasteiger partial charge in [-0.2, -0.15) is 0 Å². The van der Waals surface area contributed by atoms with Crippen LogP contribution in [0.15, 0.2) is 97.1 Å². The smallest absolute Gasteiger partial charge is 0.180 e. The quantitative estimate of drug-likeness (QED) is 0.205. The third-order valence-corrected chi connectivity index (χ3v) is 9.00. The molecule has 0 bridgehead atoms. The molecule has 1 saturated carbocycles. The molecule has 5 aromatic rings. The van der Waals surface area contributed by atoms with Gasteiger partial charge in [0.05, 0.1) is 11.4 Å². The van der Waals surface area contributed by atoms with Crippen LogP contribution in [0, 0.1) is 5.92 Å². The van der Waals surface area contributed by atoms with Crippen molar-refractivity contribution in [1.29, 1.82) is 0 Å². The van der Waals surface area contributed by atoms with Crippen LogP contribution < -0.4 is 4.90 Å². The Morgan fingerprint density at radius 1 is 0.698 bits per heavy atom. The normalized spacial score (nSPS) is 18.8. The number of fused-ring (bicyclic) bond motifs is 1. The summed E-state index contributed by atoms with van der Waals surface area (Å²) in [5, 5.41) is 0. The molecule has 2 fully saturated rings. The van der Waals surface area contributed by atoms with Crippen molar-refractivity contribution in [2.24, 2.45) is 5.92 Å². The lowest BCUT2D eigenvalue weighted by Crippen LogP contribution is -2.48. The van der Waals surface area contributed by atoms with E-state index in [1.165, 1.54) is 17.5 Å². The molecule has 43 heavy (non-hydrogen) atoms. The molecular formula is C37H40N6. The summed E-state index contributed by atoms with van der Waals surface area (Å²) in [6.07, 6.45) is 2.42. The molecule has 2 aliphatic rings. The predicted molar refractivity (Wildman–Crippen MR) is 176 cm³/mol. The van der Waals surface area contributed by atoms with Crippen LogP contribution in [-0.2, 0) is 6.42 Å². The third-order valence-electron chi connectivity index (χ3n) is 9.00. The van der Waals surface area contributed by atoms with E-state index < -0.39 is 0 Å². The zero-order chi connectivity index (χ0) is 29.2. The molecule has 7 rings (SSSR count). The van der Waals surface area contributed by atoms with Gasteiger partial charge < -0.3 is 9.80 Å². The fourth-order valence-electron chi connectivity index (χ4n) is 6.34. The number of hydrogen-bond donors (Lipinski definition) is 0. The summed E-state index contributed by atoms with van der Waals surface area (Å²) in [6, 6.07) is 34.5. The number of benzene rings is 3. The Labute approximate surface area is 255 Å². The molecule has 2 aromatic heterocycles. The Morgan fingerprint density at radius 3 is 2.09 bits per heavy atom. The average Bonchev–Trinajstić information content (AvgIpc) is 3.83. The maximum atomic E-state index is 5.17. The van der Waals surface area contributed by atoms with Crippen molar-refractivity contribution < 1.29 is 0 Å². The number of aromatic nitrogens is 3. The Kier molecular flexibility index (Phi) is 7.88. The summed E-state index contributed by atoms with van der Waals surface area (Å²) in [5.41, 5.74) is 8.33. The lowest BCUT2D eigenvalue weighted by molar-refractivity contribution is 0.229. The number of anilines is 1. The number of hydrogen-bond acceptors (Lipinski definition) is 6. The first-order chi connectivity index (χ1) is 21.1. The van der Waals surface area contributed by atoms with Crippen LogP contribution in [0.25, 0.3) is 33.7 Å². The number of pyridine rings is 1. The van der Waals surface area contributed by atoms with E-state index in [0.29, 0.717) is 11.6 Å². The Bertz CT molecular complexity index is 1660. The molecule has 0 radical (unpaired) electrons. The molecule has 2 unspecified atom stereocenters. The minimum atomic E-state index is 0.642. The Hall–Kier alpha value is -4.13. The van der Waals surface area contributed by atoms with Crippen LogP contribution in [0.4, 0.5) is 5.82 Å². The van der Waals surface area contributed by atoms with Crippen molar-refractivity contribution in [3.05, 3.63) is 108 Å². The lowest BCUT2D eigenvalue weighted by atomic mass is 10.00. The zero-order valence-electron chi connectivity index (χ0n) is 25.2. The minimum absolute atomic E-state index is 0.642. The van der Waals surface area contributed by atoms with Crippen LogP contribution in [-0.4, -0.2) is 78.1 Å². The Balaban J connectivity index is 1.13. The number of nitrogens with zero attached hydrogens (tertiary/aromatic N) is 6. The SMILES string of the molecule is CN(C)CCN1CCN(c2ccc3nc(-c4ccc(C5CC5Cc5ccccc5)cc4)c(-c4ccccc4)nc3n2)CC1. The first kappa shape index (κ1) is 27.7. The van der Waals surface area contributed by atoms with Crippen LogP contribution in [0.1, 0.15) is 23.5 Å². The van der Waals surface area contributed by atoms with E-state index in [1.807, 2.05) is 6.07 Å². The van der Waals surface area contributed by atoms with Gasteiger partial charge in [-0.25, -0.2) is 15.0 Å². The Morgan fingerprint density at radius 2 is 1.37 bits per heavy atom. The van der Waals surface area contributed by atoms with Gasteiger partial charge in [-0.15, -0.1) is 0 Å². The molecule has 2 atom stereocenters. The van der Waals surface area contributed by atoms with Gasteiger partial charge in [-0.1, -0.05) is 84.9 Å². The minimum Gasteiger partial charge on any atom is -0.354 e. The summed E-state index contributed by atoms with van der Waals surface area (Å²) < 4.78 is 0. The topological polar surface area (TPSA) is 48.4 Å². The van der Waals surface area contributed by atoms with Crippen LogP contribution in [0.5, 0.6) is 0 Å². The van der Waals surface area contributed by atoms with Crippen LogP contribution >= 0.6 is 0 Å². The van der Waals surface area contributed by atoms with Gasteiger partial charge in [0.25, 0.3) is 0 Å². The molecule has 1 aliphatic heterocycles. The molecule has 1 saturated heterocycles. The second-order valence-electron chi connectivity index (χ2n) is 12.3. The van der Waals surface area contributed by atoms with E-state index in [1.54, 1.807) is 0 Å². The standard InChI is InChI=1S/C37H40N6/c1-41(2)19-20-42-21-23-43(24-22-42)34-18-17-33-37(39-34)40-36(29-11-7-4-8-12-29)35(38-33)30-15-13-28(14-16-30)32-26-31(32)25-27-9-5-3-6-10-27/h3-18,31-32H,19-26H2,1-2H3. The number of piperazine rings is 1. The van der Waals surface area contributed by atoms with Crippen molar-refractivity contribution in [3.63, 3.8) is 0 Å². The van der Waals surface area contributed by atoms with E-state index in [2.05, 4.69) is 120 Å². The number of likely N-dealkylation sites (N-methyl/N-ethyl adjacent to an activating group) is 1. The highest BCUT2D eigenvalue weighted by molar-refractivity contribution is 5.85. The molecule has 1 aliphatic carbocycles. The molecule has 0 N–H and O–H groups in total. The van der Waals surface area contributed by atoms with Crippen molar-refractivity contribution in [1.82, 2.24) is 24.8 Å². The first-order valence-corrected chi connectivity index (χ1v) is 15.6. The maximum Gasteiger partial charge on any atom is 0.180 e. The molecule has 6 heteroatoms. The monoisotopic (exact) mass is 568 g/mol. The molecule has 0 spiro atoms. The summed E-state index contributed by atoms with van der Waals surface area (Å²) >= 11 is 0. The third kappa shape index (κ3) is 6.31. The molecule has 3 aromatic carbocycles. The number of rotatable bonds is 9. The van der Waals surface area contributed by atoms with E-state index in [-0.39, 0.29) is 0 Å². The second kappa shape index (κ2) is 12.2. The highest BCUT2D eigenvalue weighted by atomic mass is 15.3. The van der Waals surface area contributed by atoms with Gasteiger partial charge in [0, 0.05) is 50.4 Å². The van der Waals surface area contributed by atoms with Gasteiger partial charge in [-0.3, -0.25) is 4.90 Å². The van der Waals surface area contributed by atoms with Crippen LogP contribution in [0.2, 0.25) is 0 Å². The van der Waals surface area contributed by atoms with Gasteiger partial charge in [0.2, 0.25) is 0 Å². The van der Waals surface area contributed by atoms with Crippen molar-refractivity contribution in [2.45, 2.75) is 18.8 Å².